The number of aromatic nitrogens is 1. The molecular formula is C14H17N3O2S. The summed E-state index contributed by atoms with van der Waals surface area (Å²) < 4.78 is 27.4. The minimum absolute atomic E-state index is 0.111. The number of hydrogen-bond acceptors (Lipinski definition) is 4. The molecule has 3 N–H and O–H groups in total. The molecule has 0 fully saturated rings. The van der Waals surface area contributed by atoms with Gasteiger partial charge in [-0.05, 0) is 43.5 Å². The van der Waals surface area contributed by atoms with Gasteiger partial charge in [0.25, 0.3) is 10.0 Å². The summed E-state index contributed by atoms with van der Waals surface area (Å²) in [6.07, 6.45) is 1.60. The van der Waals surface area contributed by atoms with Crippen molar-refractivity contribution in [2.24, 2.45) is 0 Å². The summed E-state index contributed by atoms with van der Waals surface area (Å²) in [4.78, 5) is 4.15. The van der Waals surface area contributed by atoms with E-state index in [0.717, 1.165) is 11.1 Å². The summed E-state index contributed by atoms with van der Waals surface area (Å²) in [5.41, 5.74) is 8.47. The van der Waals surface area contributed by atoms with Gasteiger partial charge in [-0.3, -0.25) is 4.72 Å². The maximum absolute atomic E-state index is 12.4. The van der Waals surface area contributed by atoms with Crippen LogP contribution >= 0.6 is 0 Å². The molecule has 0 amide bonds. The molecule has 1 aromatic carbocycles. The second-order valence-electron chi connectivity index (χ2n) is 4.77. The number of nitrogens with one attached hydrogen (secondary N) is 1. The van der Waals surface area contributed by atoms with Crippen molar-refractivity contribution < 1.29 is 8.42 Å². The quantitative estimate of drug-likeness (QED) is 0.850. The zero-order valence-electron chi connectivity index (χ0n) is 11.6. The first-order valence-electron chi connectivity index (χ1n) is 6.12. The minimum atomic E-state index is -3.75. The van der Waals surface area contributed by atoms with E-state index in [4.69, 9.17) is 5.73 Å². The van der Waals surface area contributed by atoms with Gasteiger partial charge in [0.15, 0.2) is 0 Å². The molecule has 1 heterocycles. The van der Waals surface area contributed by atoms with Crippen molar-refractivity contribution in [2.75, 3.05) is 10.5 Å². The van der Waals surface area contributed by atoms with E-state index in [1.165, 1.54) is 0 Å². The van der Waals surface area contributed by atoms with Crippen molar-refractivity contribution in [1.29, 1.82) is 0 Å². The van der Waals surface area contributed by atoms with Crippen LogP contribution in [0.4, 0.5) is 11.5 Å². The Morgan fingerprint density at radius 3 is 2.30 bits per heavy atom. The number of nitrogens with zero attached hydrogens (tertiary/aromatic N) is 1. The Morgan fingerprint density at radius 2 is 1.70 bits per heavy atom. The Hall–Kier alpha value is -2.08. The molecule has 2 aromatic rings. The lowest BCUT2D eigenvalue weighted by atomic mass is 10.1. The fourth-order valence-electron chi connectivity index (χ4n) is 1.88. The minimum Gasteiger partial charge on any atom is -0.397 e. The average molecular weight is 291 g/mol. The van der Waals surface area contributed by atoms with E-state index in [2.05, 4.69) is 9.71 Å². The lowest BCUT2D eigenvalue weighted by Crippen LogP contribution is -2.17. The third-order valence-electron chi connectivity index (χ3n) is 3.03. The molecular weight excluding hydrogens is 274 g/mol. The third-order valence-corrected chi connectivity index (χ3v) is 4.59. The molecule has 0 aliphatic rings. The van der Waals surface area contributed by atoms with Gasteiger partial charge in [-0.2, -0.15) is 0 Å². The van der Waals surface area contributed by atoms with Crippen molar-refractivity contribution in [3.63, 3.8) is 0 Å². The molecule has 0 saturated heterocycles. The lowest BCUT2D eigenvalue weighted by Gasteiger charge is -2.13. The molecule has 0 aliphatic carbocycles. The summed E-state index contributed by atoms with van der Waals surface area (Å²) in [5, 5.41) is 0. The van der Waals surface area contributed by atoms with Gasteiger partial charge in [-0.15, -0.1) is 0 Å². The second-order valence-corrected chi connectivity index (χ2v) is 6.39. The number of hydrogen-bond donors (Lipinski definition) is 2. The summed E-state index contributed by atoms with van der Waals surface area (Å²) in [5.74, 6) is 0.274. The third kappa shape index (κ3) is 2.75. The number of nitrogen functional groups attached to an aromatic ring is 1. The van der Waals surface area contributed by atoms with Crippen molar-refractivity contribution in [3.8, 4) is 0 Å². The molecule has 0 atom stereocenters. The van der Waals surface area contributed by atoms with Crippen LogP contribution in [0, 0.1) is 20.8 Å². The van der Waals surface area contributed by atoms with Crippen LogP contribution in [0.15, 0.2) is 35.4 Å². The molecule has 20 heavy (non-hydrogen) atoms. The number of anilines is 2. The highest BCUT2D eigenvalue weighted by Crippen LogP contribution is 2.27. The highest BCUT2D eigenvalue weighted by molar-refractivity contribution is 7.93. The van der Waals surface area contributed by atoms with Gasteiger partial charge in [0.2, 0.25) is 0 Å². The number of aryl methyl sites for hydroxylation is 3. The van der Waals surface area contributed by atoms with Gasteiger partial charge >= 0.3 is 0 Å². The monoisotopic (exact) mass is 291 g/mol. The zero-order valence-corrected chi connectivity index (χ0v) is 12.5. The second kappa shape index (κ2) is 5.13. The largest absolute Gasteiger partial charge is 0.397 e. The Labute approximate surface area is 118 Å². The molecule has 0 spiro atoms. The summed E-state index contributed by atoms with van der Waals surface area (Å²) in [6, 6.07) is 6.95. The van der Waals surface area contributed by atoms with E-state index in [1.807, 2.05) is 6.92 Å². The molecule has 106 valence electrons. The molecule has 0 bridgehead atoms. The van der Waals surface area contributed by atoms with E-state index >= 15 is 0 Å². The van der Waals surface area contributed by atoms with Crippen molar-refractivity contribution in [1.82, 2.24) is 4.98 Å². The van der Waals surface area contributed by atoms with Crippen LogP contribution < -0.4 is 10.5 Å². The van der Waals surface area contributed by atoms with Crippen LogP contribution in [0.5, 0.6) is 0 Å². The van der Waals surface area contributed by atoms with Gasteiger partial charge in [0, 0.05) is 6.20 Å². The fourth-order valence-corrected chi connectivity index (χ4v) is 3.32. The van der Waals surface area contributed by atoms with Crippen molar-refractivity contribution in [2.45, 2.75) is 25.7 Å². The Kier molecular flexibility index (Phi) is 3.67. The van der Waals surface area contributed by atoms with Gasteiger partial charge in [0.1, 0.15) is 10.7 Å². The van der Waals surface area contributed by atoms with Crippen LogP contribution in [0.3, 0.4) is 0 Å². The first-order valence-corrected chi connectivity index (χ1v) is 7.61. The SMILES string of the molecule is Cc1ccc(NS(=O)(=O)c2c(C)ccc(C)c2N)nc1. The van der Waals surface area contributed by atoms with E-state index in [-0.39, 0.29) is 16.4 Å². The van der Waals surface area contributed by atoms with Gasteiger partial charge in [-0.25, -0.2) is 13.4 Å². The zero-order chi connectivity index (χ0) is 14.9. The highest BCUT2D eigenvalue weighted by Gasteiger charge is 2.21. The van der Waals surface area contributed by atoms with Crippen LogP contribution in [0.2, 0.25) is 0 Å². The maximum Gasteiger partial charge on any atom is 0.265 e. The van der Waals surface area contributed by atoms with Gasteiger partial charge in [0.05, 0.1) is 5.69 Å². The predicted molar refractivity (Wildman–Crippen MR) is 80.1 cm³/mol. The average Bonchev–Trinajstić information content (AvgIpc) is 2.37. The van der Waals surface area contributed by atoms with Crippen molar-refractivity contribution >= 4 is 21.5 Å². The number of nitrogens with two attached hydrogens (primary N) is 1. The molecule has 5 nitrogen and oxygen atoms in total. The van der Waals surface area contributed by atoms with E-state index in [1.54, 1.807) is 44.3 Å². The van der Waals surface area contributed by atoms with Crippen LogP contribution in [-0.4, -0.2) is 13.4 Å². The van der Waals surface area contributed by atoms with Crippen LogP contribution in [-0.2, 0) is 10.0 Å². The van der Waals surface area contributed by atoms with Crippen molar-refractivity contribution in [3.05, 3.63) is 47.2 Å². The summed E-state index contributed by atoms with van der Waals surface area (Å²) in [6.45, 7) is 5.37. The molecule has 6 heteroatoms. The van der Waals surface area contributed by atoms with E-state index in [0.29, 0.717) is 5.56 Å². The normalized spacial score (nSPS) is 11.3. The first kappa shape index (κ1) is 14.3. The molecule has 0 radical (unpaired) electrons. The fraction of sp³-hybridized carbons (Fsp3) is 0.214. The number of rotatable bonds is 3. The van der Waals surface area contributed by atoms with Crippen LogP contribution in [0.1, 0.15) is 16.7 Å². The molecule has 0 aliphatic heterocycles. The lowest BCUT2D eigenvalue weighted by molar-refractivity contribution is 0.601. The maximum atomic E-state index is 12.4. The summed E-state index contributed by atoms with van der Waals surface area (Å²) in [7, 11) is -3.75. The molecule has 2 rings (SSSR count). The number of benzene rings is 1. The van der Waals surface area contributed by atoms with Gasteiger partial charge in [-0.1, -0.05) is 18.2 Å². The smallest absolute Gasteiger partial charge is 0.265 e. The number of pyridine rings is 1. The molecule has 0 saturated carbocycles. The Balaban J connectivity index is 2.46. The molecule has 1 aromatic heterocycles. The topological polar surface area (TPSA) is 85.1 Å². The Bertz CT molecular complexity index is 738. The Morgan fingerprint density at radius 1 is 1.05 bits per heavy atom. The van der Waals surface area contributed by atoms with Gasteiger partial charge < -0.3 is 5.73 Å². The highest BCUT2D eigenvalue weighted by atomic mass is 32.2. The molecule has 0 unspecified atom stereocenters. The predicted octanol–water partition coefficient (Wildman–Crippen LogP) is 2.39. The first-order chi connectivity index (χ1) is 9.31. The van der Waals surface area contributed by atoms with E-state index in [9.17, 15) is 8.42 Å². The number of sulfonamides is 1. The van der Waals surface area contributed by atoms with E-state index < -0.39 is 10.0 Å². The standard InChI is InChI=1S/C14H17N3O2S/c1-9-4-7-12(16-8-9)17-20(18,19)14-11(3)6-5-10(2)13(14)15/h4-8H,15H2,1-3H3,(H,16,17). The van der Waals surface area contributed by atoms with Crippen LogP contribution in [0.25, 0.3) is 0 Å². The summed E-state index contributed by atoms with van der Waals surface area (Å²) >= 11 is 0.